The molecule has 5 nitrogen and oxygen atoms in total. The maximum Gasteiger partial charge on any atom is 0.260 e. The molecule has 0 bridgehead atoms. The summed E-state index contributed by atoms with van der Waals surface area (Å²) in [6.45, 7) is 0. The highest BCUT2D eigenvalue weighted by molar-refractivity contribution is 5.64. The number of nitrogens with zero attached hydrogens (tertiary/aromatic N) is 2. The van der Waals surface area contributed by atoms with E-state index in [1.807, 2.05) is 0 Å². The first-order valence-electron chi connectivity index (χ1n) is 9.04. The van der Waals surface area contributed by atoms with E-state index in [1.165, 1.54) is 31.0 Å². The number of fused-ring (bicyclic) bond motifs is 1. The van der Waals surface area contributed by atoms with Crippen LogP contribution >= 0.6 is 0 Å². The predicted molar refractivity (Wildman–Crippen MR) is 102 cm³/mol. The molecular formula is C21H19F3N3O2. The van der Waals surface area contributed by atoms with Crippen molar-refractivity contribution in [1.29, 1.82) is 0 Å². The molecule has 1 aliphatic heterocycles. The van der Waals surface area contributed by atoms with Gasteiger partial charge in [-0.3, -0.25) is 0 Å². The lowest BCUT2D eigenvalue weighted by atomic mass is 9.97. The summed E-state index contributed by atoms with van der Waals surface area (Å²) in [6.07, 6.45) is -2.51. The second kappa shape index (κ2) is 7.69. The minimum absolute atomic E-state index is 0.117. The van der Waals surface area contributed by atoms with E-state index in [1.54, 1.807) is 30.3 Å². The van der Waals surface area contributed by atoms with Crippen molar-refractivity contribution in [2.75, 3.05) is 19.5 Å². The van der Waals surface area contributed by atoms with Crippen LogP contribution in [-0.4, -0.2) is 30.4 Å². The number of hydrogen-bond donors (Lipinski definition) is 1. The van der Waals surface area contributed by atoms with Crippen LogP contribution in [0.4, 0.5) is 19.0 Å². The highest BCUT2D eigenvalue weighted by atomic mass is 19.3. The summed E-state index contributed by atoms with van der Waals surface area (Å²) in [5.74, 6) is 0.973. The van der Waals surface area contributed by atoms with Gasteiger partial charge in [0.2, 0.25) is 0 Å². The third-order valence-electron chi connectivity index (χ3n) is 5.04. The first-order valence-corrected chi connectivity index (χ1v) is 9.04. The average molecular weight is 402 g/mol. The van der Waals surface area contributed by atoms with E-state index < -0.39 is 18.3 Å². The van der Waals surface area contributed by atoms with Gasteiger partial charge in [0.15, 0.2) is 11.5 Å². The largest absolute Gasteiger partial charge is 0.493 e. The van der Waals surface area contributed by atoms with E-state index in [-0.39, 0.29) is 23.7 Å². The molecule has 0 aliphatic carbocycles. The zero-order valence-electron chi connectivity index (χ0n) is 15.8. The van der Waals surface area contributed by atoms with E-state index in [4.69, 9.17) is 9.47 Å². The van der Waals surface area contributed by atoms with E-state index in [9.17, 15) is 13.2 Å². The number of nitrogens with one attached hydrogen (secondary N) is 1. The molecule has 2 unspecified atom stereocenters. The van der Waals surface area contributed by atoms with Crippen LogP contribution in [0.25, 0.3) is 11.3 Å². The molecular weight excluding hydrogens is 383 g/mol. The lowest BCUT2D eigenvalue weighted by Crippen LogP contribution is -2.30. The molecule has 151 valence electrons. The number of methoxy groups -OCH3 is 2. The Hall–Kier alpha value is -3.16. The molecule has 0 saturated carbocycles. The molecule has 0 saturated heterocycles. The van der Waals surface area contributed by atoms with Crippen molar-refractivity contribution in [2.45, 2.75) is 24.9 Å². The summed E-state index contributed by atoms with van der Waals surface area (Å²) >= 11 is 0. The fourth-order valence-corrected chi connectivity index (χ4v) is 3.58. The number of hydrogen-bond acceptors (Lipinski definition) is 4. The van der Waals surface area contributed by atoms with Crippen LogP contribution in [-0.2, 0) is 0 Å². The highest BCUT2D eigenvalue weighted by Crippen LogP contribution is 2.41. The lowest BCUT2D eigenvalue weighted by molar-refractivity contribution is 0.0659. The average Bonchev–Trinajstić information content (AvgIpc) is 3.16. The summed E-state index contributed by atoms with van der Waals surface area (Å²) in [6, 6.07) is 12.3. The van der Waals surface area contributed by atoms with Crippen LogP contribution in [0.15, 0.2) is 42.5 Å². The molecule has 0 amide bonds. The van der Waals surface area contributed by atoms with Crippen LogP contribution < -0.4 is 14.8 Å². The minimum atomic E-state index is -2.62. The summed E-state index contributed by atoms with van der Waals surface area (Å²) in [5, 5.41) is 7.49. The van der Waals surface area contributed by atoms with Crippen LogP contribution in [0, 0.1) is 11.9 Å². The maximum atomic E-state index is 14.1. The molecule has 1 radical (unpaired) electrons. The van der Waals surface area contributed by atoms with Gasteiger partial charge in [-0.15, -0.1) is 0 Å². The first kappa shape index (κ1) is 19.2. The number of alkyl halides is 2. The number of benzene rings is 2. The summed E-state index contributed by atoms with van der Waals surface area (Å²) in [4.78, 5) is 0. The number of halogens is 3. The molecule has 1 N–H and O–H groups in total. The zero-order valence-corrected chi connectivity index (χ0v) is 15.8. The van der Waals surface area contributed by atoms with Gasteiger partial charge in [0.1, 0.15) is 17.7 Å². The Bertz CT molecular complexity index is 1020. The molecule has 8 heteroatoms. The molecule has 1 aromatic heterocycles. The van der Waals surface area contributed by atoms with Crippen molar-refractivity contribution in [3.8, 4) is 22.8 Å². The Morgan fingerprint density at radius 3 is 2.66 bits per heavy atom. The summed E-state index contributed by atoms with van der Waals surface area (Å²) in [7, 11) is 3.05. The van der Waals surface area contributed by atoms with Gasteiger partial charge >= 0.3 is 0 Å². The second-order valence-electron chi connectivity index (χ2n) is 6.71. The topological polar surface area (TPSA) is 48.3 Å². The zero-order chi connectivity index (χ0) is 20.5. The van der Waals surface area contributed by atoms with E-state index in [0.717, 1.165) is 5.56 Å². The van der Waals surface area contributed by atoms with Crippen molar-refractivity contribution >= 4 is 5.82 Å². The third kappa shape index (κ3) is 3.50. The summed E-state index contributed by atoms with van der Waals surface area (Å²) in [5.41, 5.74) is 1.31. The summed E-state index contributed by atoms with van der Waals surface area (Å²) < 4.78 is 53.6. The molecule has 0 fully saturated rings. The fraction of sp³-hybridized carbons (Fsp3) is 0.286. The number of ether oxygens (including phenoxy) is 2. The van der Waals surface area contributed by atoms with Gasteiger partial charge < -0.3 is 14.8 Å². The van der Waals surface area contributed by atoms with Gasteiger partial charge in [-0.1, -0.05) is 12.1 Å². The van der Waals surface area contributed by atoms with Gasteiger partial charge in [-0.25, -0.2) is 17.9 Å². The molecule has 2 atom stereocenters. The van der Waals surface area contributed by atoms with Gasteiger partial charge in [-0.2, -0.15) is 5.10 Å². The van der Waals surface area contributed by atoms with Crippen LogP contribution in [0.3, 0.4) is 0 Å². The van der Waals surface area contributed by atoms with Crippen molar-refractivity contribution < 1.29 is 22.6 Å². The maximum absolute atomic E-state index is 14.1. The standard InChI is InChI=1S/C21H19F3N3O2/c1-28-18-8-7-12(9-19(18)29-2)15-10-17(21(23)24)27-20(25-15)11-16(26-27)13-5-3-4-6-14(13)22/h3,5-9,11,15,17,21,25H,10H2,1-2H3. The van der Waals surface area contributed by atoms with E-state index in [2.05, 4.69) is 16.5 Å². The molecule has 29 heavy (non-hydrogen) atoms. The Morgan fingerprint density at radius 2 is 1.97 bits per heavy atom. The van der Waals surface area contributed by atoms with Crippen molar-refractivity contribution in [3.63, 3.8) is 0 Å². The van der Waals surface area contributed by atoms with Crippen LogP contribution in [0.5, 0.6) is 11.5 Å². The lowest BCUT2D eigenvalue weighted by Gasteiger charge is -2.32. The normalized spacial score (nSPS) is 18.3. The van der Waals surface area contributed by atoms with Gasteiger partial charge in [0, 0.05) is 11.6 Å². The predicted octanol–water partition coefficient (Wildman–Crippen LogP) is 4.87. The van der Waals surface area contributed by atoms with Crippen molar-refractivity contribution in [1.82, 2.24) is 9.78 Å². The smallest absolute Gasteiger partial charge is 0.260 e. The van der Waals surface area contributed by atoms with Crippen molar-refractivity contribution in [3.05, 3.63) is 59.9 Å². The van der Waals surface area contributed by atoms with E-state index in [0.29, 0.717) is 17.3 Å². The molecule has 0 spiro atoms. The minimum Gasteiger partial charge on any atom is -0.493 e. The monoisotopic (exact) mass is 402 g/mol. The quantitative estimate of drug-likeness (QED) is 0.662. The van der Waals surface area contributed by atoms with Gasteiger partial charge in [-0.05, 0) is 42.3 Å². The number of aromatic nitrogens is 2. The Morgan fingerprint density at radius 1 is 1.17 bits per heavy atom. The Labute approximate surface area is 166 Å². The number of rotatable bonds is 5. The SMILES string of the molecule is COc1ccc(C2CC(C(F)F)n3nc(-c4cc[c]cc4F)cc3N2)cc1OC. The fourth-order valence-electron chi connectivity index (χ4n) is 3.58. The van der Waals surface area contributed by atoms with Gasteiger partial charge in [0.25, 0.3) is 6.43 Å². The molecule has 1 aliphatic rings. The molecule has 2 aromatic carbocycles. The van der Waals surface area contributed by atoms with Gasteiger partial charge in [0.05, 0.1) is 26.0 Å². The van der Waals surface area contributed by atoms with E-state index >= 15 is 0 Å². The Kier molecular flexibility index (Phi) is 5.08. The van der Waals surface area contributed by atoms with Crippen molar-refractivity contribution in [2.24, 2.45) is 0 Å². The van der Waals surface area contributed by atoms with Crippen LogP contribution in [0.2, 0.25) is 0 Å². The third-order valence-corrected chi connectivity index (χ3v) is 5.04. The molecule has 2 heterocycles. The molecule has 3 aromatic rings. The first-order chi connectivity index (χ1) is 14.0. The highest BCUT2D eigenvalue weighted by Gasteiger charge is 2.35. The number of anilines is 1. The Balaban J connectivity index is 1.72. The van der Waals surface area contributed by atoms with Crippen LogP contribution in [0.1, 0.15) is 24.1 Å². The second-order valence-corrected chi connectivity index (χ2v) is 6.71. The molecule has 4 rings (SSSR count).